The minimum atomic E-state index is -3.63. The van der Waals surface area contributed by atoms with Gasteiger partial charge in [-0.2, -0.15) is 9.40 Å². The quantitative estimate of drug-likeness (QED) is 0.693. The summed E-state index contributed by atoms with van der Waals surface area (Å²) < 4.78 is 28.4. The van der Waals surface area contributed by atoms with Gasteiger partial charge in [0.15, 0.2) is 0 Å². The average molecular weight is 363 g/mol. The number of aryl methyl sites for hydroxylation is 2. The maximum Gasteiger partial charge on any atom is 0.243 e. The second-order valence-electron chi connectivity index (χ2n) is 5.38. The van der Waals surface area contributed by atoms with Crippen LogP contribution in [0.1, 0.15) is 11.5 Å². The van der Waals surface area contributed by atoms with Crippen molar-refractivity contribution in [3.05, 3.63) is 47.5 Å². The van der Waals surface area contributed by atoms with E-state index in [0.717, 1.165) is 16.3 Å². The molecule has 0 bridgehead atoms. The zero-order valence-electron chi connectivity index (χ0n) is 13.5. The fourth-order valence-corrected chi connectivity index (χ4v) is 4.17. The molecule has 7 nitrogen and oxygen atoms in total. The van der Waals surface area contributed by atoms with Crippen LogP contribution in [0.3, 0.4) is 0 Å². The molecule has 3 aromatic rings. The first-order valence-electron chi connectivity index (χ1n) is 7.19. The molecule has 24 heavy (non-hydrogen) atoms. The van der Waals surface area contributed by atoms with Crippen LogP contribution in [0, 0.1) is 6.92 Å². The van der Waals surface area contributed by atoms with Gasteiger partial charge >= 0.3 is 0 Å². The highest BCUT2D eigenvalue weighted by Crippen LogP contribution is 2.26. The van der Waals surface area contributed by atoms with Crippen molar-refractivity contribution in [2.75, 3.05) is 7.05 Å². The fraction of sp³-hybridized carbons (Fsp3) is 0.267. The molecule has 126 valence electrons. The van der Waals surface area contributed by atoms with Crippen molar-refractivity contribution in [3.8, 4) is 10.6 Å². The number of hydrogen-bond donors (Lipinski definition) is 0. The van der Waals surface area contributed by atoms with E-state index in [4.69, 9.17) is 0 Å². The van der Waals surface area contributed by atoms with Crippen LogP contribution in [0.4, 0.5) is 0 Å². The van der Waals surface area contributed by atoms with Crippen LogP contribution in [-0.4, -0.2) is 39.5 Å². The van der Waals surface area contributed by atoms with Crippen LogP contribution in [0.25, 0.3) is 10.6 Å². The van der Waals surface area contributed by atoms with Gasteiger partial charge in [-0.15, -0.1) is 11.3 Å². The van der Waals surface area contributed by atoms with Gasteiger partial charge in [0.2, 0.25) is 10.0 Å². The van der Waals surface area contributed by atoms with Gasteiger partial charge in [-0.25, -0.2) is 18.4 Å². The van der Waals surface area contributed by atoms with Crippen molar-refractivity contribution in [2.45, 2.75) is 18.4 Å². The van der Waals surface area contributed by atoms with E-state index in [9.17, 15) is 8.42 Å². The second-order valence-corrected chi connectivity index (χ2v) is 8.29. The van der Waals surface area contributed by atoms with Crippen LogP contribution in [-0.2, 0) is 23.6 Å². The molecule has 0 aliphatic rings. The van der Waals surface area contributed by atoms with Gasteiger partial charge in [0.25, 0.3) is 0 Å². The SMILES string of the molecule is Cc1csc(-c2cccc(S(=O)(=O)N(C)Cc3ncnn3C)c2)n1. The molecule has 0 radical (unpaired) electrons. The van der Waals surface area contributed by atoms with Crippen molar-refractivity contribution < 1.29 is 8.42 Å². The predicted octanol–water partition coefficient (Wildman–Crippen LogP) is 2.07. The molecule has 0 saturated carbocycles. The number of nitrogens with zero attached hydrogens (tertiary/aromatic N) is 5. The Morgan fingerprint density at radius 3 is 2.75 bits per heavy atom. The van der Waals surface area contributed by atoms with Crippen molar-refractivity contribution in [2.24, 2.45) is 7.05 Å². The number of thiazole rings is 1. The van der Waals surface area contributed by atoms with E-state index in [1.54, 1.807) is 29.9 Å². The van der Waals surface area contributed by atoms with E-state index in [1.165, 1.54) is 29.0 Å². The largest absolute Gasteiger partial charge is 0.252 e. The number of sulfonamides is 1. The molecule has 0 atom stereocenters. The van der Waals surface area contributed by atoms with E-state index < -0.39 is 10.0 Å². The van der Waals surface area contributed by atoms with E-state index >= 15 is 0 Å². The summed E-state index contributed by atoms with van der Waals surface area (Å²) in [6.07, 6.45) is 1.40. The van der Waals surface area contributed by atoms with Gasteiger partial charge in [0, 0.05) is 30.7 Å². The normalized spacial score (nSPS) is 12.0. The van der Waals surface area contributed by atoms with Crippen LogP contribution in [0.5, 0.6) is 0 Å². The Kier molecular flexibility index (Phi) is 4.48. The molecule has 0 aliphatic carbocycles. The van der Waals surface area contributed by atoms with E-state index in [0.29, 0.717) is 5.82 Å². The van der Waals surface area contributed by atoms with Gasteiger partial charge in [-0.3, -0.25) is 4.68 Å². The van der Waals surface area contributed by atoms with Crippen molar-refractivity contribution in [1.82, 2.24) is 24.1 Å². The van der Waals surface area contributed by atoms with Gasteiger partial charge in [-0.05, 0) is 19.1 Å². The van der Waals surface area contributed by atoms with Crippen molar-refractivity contribution in [1.29, 1.82) is 0 Å². The highest BCUT2D eigenvalue weighted by Gasteiger charge is 2.23. The van der Waals surface area contributed by atoms with Gasteiger partial charge < -0.3 is 0 Å². The van der Waals surface area contributed by atoms with Gasteiger partial charge in [0.1, 0.15) is 17.2 Å². The summed E-state index contributed by atoms with van der Waals surface area (Å²) in [5.74, 6) is 0.577. The molecule has 0 saturated heterocycles. The number of hydrogen-bond acceptors (Lipinski definition) is 6. The van der Waals surface area contributed by atoms with E-state index in [1.807, 2.05) is 18.4 Å². The van der Waals surface area contributed by atoms with Crippen LogP contribution >= 0.6 is 11.3 Å². The standard InChI is InChI=1S/C15H17N5O2S2/c1-11-9-23-15(18-11)12-5-4-6-13(7-12)24(21,22)19(2)8-14-16-10-17-20(14)3/h4-7,9-10H,8H2,1-3H3. The zero-order valence-corrected chi connectivity index (χ0v) is 15.2. The molecule has 1 aromatic carbocycles. The third-order valence-corrected chi connectivity index (χ3v) is 6.39. The molecule has 2 heterocycles. The smallest absolute Gasteiger partial charge is 0.243 e. The summed E-state index contributed by atoms with van der Waals surface area (Å²) in [4.78, 5) is 8.71. The molecule has 0 aliphatic heterocycles. The topological polar surface area (TPSA) is 81.0 Å². The number of aromatic nitrogens is 4. The molecule has 0 spiro atoms. The van der Waals surface area contributed by atoms with Gasteiger partial charge in [-0.1, -0.05) is 12.1 Å². The molecular weight excluding hydrogens is 346 g/mol. The molecule has 0 amide bonds. The highest BCUT2D eigenvalue weighted by molar-refractivity contribution is 7.89. The first kappa shape index (κ1) is 16.7. The Hall–Kier alpha value is -2.10. The Morgan fingerprint density at radius 1 is 1.33 bits per heavy atom. The summed E-state index contributed by atoms with van der Waals surface area (Å²) >= 11 is 1.49. The summed E-state index contributed by atoms with van der Waals surface area (Å²) in [5, 5.41) is 6.70. The van der Waals surface area contributed by atoms with Crippen LogP contribution in [0.15, 0.2) is 40.9 Å². The lowest BCUT2D eigenvalue weighted by Gasteiger charge is -2.17. The lowest BCUT2D eigenvalue weighted by molar-refractivity contribution is 0.447. The highest BCUT2D eigenvalue weighted by atomic mass is 32.2. The Bertz CT molecular complexity index is 962. The summed E-state index contributed by atoms with van der Waals surface area (Å²) in [6, 6.07) is 6.84. The summed E-state index contributed by atoms with van der Waals surface area (Å²) in [6.45, 7) is 2.06. The third kappa shape index (κ3) is 3.23. The number of benzene rings is 1. The predicted molar refractivity (Wildman–Crippen MR) is 91.9 cm³/mol. The second kappa shape index (κ2) is 6.42. The summed E-state index contributed by atoms with van der Waals surface area (Å²) in [5.41, 5.74) is 1.71. The van der Waals surface area contributed by atoms with E-state index in [-0.39, 0.29) is 11.4 Å². The minimum Gasteiger partial charge on any atom is -0.252 e. The first-order valence-corrected chi connectivity index (χ1v) is 9.51. The zero-order chi connectivity index (χ0) is 17.3. The summed E-state index contributed by atoms with van der Waals surface area (Å²) in [7, 11) is -0.364. The lowest BCUT2D eigenvalue weighted by Crippen LogP contribution is -2.27. The number of rotatable bonds is 5. The molecule has 2 aromatic heterocycles. The first-order chi connectivity index (χ1) is 11.4. The maximum absolute atomic E-state index is 12.8. The monoisotopic (exact) mass is 363 g/mol. The fourth-order valence-electron chi connectivity index (χ4n) is 2.20. The third-order valence-electron chi connectivity index (χ3n) is 3.58. The maximum atomic E-state index is 12.8. The Morgan fingerprint density at radius 2 is 2.12 bits per heavy atom. The van der Waals surface area contributed by atoms with Crippen molar-refractivity contribution in [3.63, 3.8) is 0 Å². The molecule has 9 heteroatoms. The van der Waals surface area contributed by atoms with Crippen LogP contribution in [0.2, 0.25) is 0 Å². The lowest BCUT2D eigenvalue weighted by atomic mass is 10.2. The molecule has 0 unspecified atom stereocenters. The van der Waals surface area contributed by atoms with E-state index in [2.05, 4.69) is 15.1 Å². The molecule has 0 N–H and O–H groups in total. The van der Waals surface area contributed by atoms with Gasteiger partial charge in [0.05, 0.1) is 11.4 Å². The minimum absolute atomic E-state index is 0.152. The van der Waals surface area contributed by atoms with Crippen LogP contribution < -0.4 is 0 Å². The molecule has 3 rings (SSSR count). The molecular formula is C15H17N5O2S2. The average Bonchev–Trinajstić information content (AvgIpc) is 3.16. The Balaban J connectivity index is 1.90. The molecule has 0 fully saturated rings. The van der Waals surface area contributed by atoms with Crippen molar-refractivity contribution >= 4 is 21.4 Å². The Labute approximate surface area is 144 Å².